The van der Waals surface area contributed by atoms with Crippen molar-refractivity contribution in [2.75, 3.05) is 6.54 Å². The van der Waals surface area contributed by atoms with Gasteiger partial charge in [-0.3, -0.25) is 9.59 Å². The minimum absolute atomic E-state index is 0.328. The van der Waals surface area contributed by atoms with E-state index in [1.54, 1.807) is 17.3 Å². The second-order valence-corrected chi connectivity index (χ2v) is 6.07. The van der Waals surface area contributed by atoms with E-state index in [2.05, 4.69) is 9.97 Å². The number of rotatable bonds is 5. The third-order valence-electron chi connectivity index (χ3n) is 4.54. The van der Waals surface area contributed by atoms with Crippen molar-refractivity contribution < 1.29 is 9.59 Å². The molecule has 1 amide bonds. The molecule has 6 heteroatoms. The van der Waals surface area contributed by atoms with Crippen LogP contribution in [-0.2, 0) is 11.3 Å². The number of fused-ring (bicyclic) bond motifs is 2. The standard InChI is InChI=1S/C20H18N4O2/c1-2-23(13-14-11-22-18-9-5-6-10-24(14)18)20(26)19(25)16-12-21-17-8-4-3-7-15(16)17/h3-12,21H,2,13H2,1H3. The number of aromatic nitrogens is 3. The summed E-state index contributed by atoms with van der Waals surface area (Å²) in [5, 5.41) is 0.761. The fourth-order valence-electron chi connectivity index (χ4n) is 3.14. The maximum atomic E-state index is 12.8. The fraction of sp³-hybridized carbons (Fsp3) is 0.150. The van der Waals surface area contributed by atoms with Crippen molar-refractivity contribution in [3.63, 3.8) is 0 Å². The van der Waals surface area contributed by atoms with Gasteiger partial charge in [-0.15, -0.1) is 0 Å². The lowest BCUT2D eigenvalue weighted by molar-refractivity contribution is -0.126. The molecule has 0 aliphatic heterocycles. The summed E-state index contributed by atoms with van der Waals surface area (Å²) in [6.45, 7) is 2.63. The fourth-order valence-corrected chi connectivity index (χ4v) is 3.14. The van der Waals surface area contributed by atoms with Crippen LogP contribution < -0.4 is 0 Å². The van der Waals surface area contributed by atoms with Gasteiger partial charge < -0.3 is 14.3 Å². The van der Waals surface area contributed by atoms with Crippen LogP contribution in [0.15, 0.2) is 61.1 Å². The number of hydrogen-bond donors (Lipinski definition) is 1. The number of amides is 1. The van der Waals surface area contributed by atoms with E-state index in [-0.39, 0.29) is 0 Å². The predicted molar refractivity (Wildman–Crippen MR) is 98.9 cm³/mol. The van der Waals surface area contributed by atoms with Crippen LogP contribution in [0.5, 0.6) is 0 Å². The molecule has 0 aliphatic carbocycles. The predicted octanol–water partition coefficient (Wildman–Crippen LogP) is 3.05. The first kappa shape index (κ1) is 16.1. The molecule has 0 saturated carbocycles. The molecule has 0 saturated heterocycles. The number of aromatic amines is 1. The number of hydrogen-bond acceptors (Lipinski definition) is 3. The largest absolute Gasteiger partial charge is 0.360 e. The zero-order valence-corrected chi connectivity index (χ0v) is 14.3. The van der Waals surface area contributed by atoms with Crippen molar-refractivity contribution in [3.8, 4) is 0 Å². The monoisotopic (exact) mass is 346 g/mol. The van der Waals surface area contributed by atoms with Gasteiger partial charge in [0.1, 0.15) is 5.65 Å². The van der Waals surface area contributed by atoms with Crippen LogP contribution in [0.25, 0.3) is 16.6 Å². The lowest BCUT2D eigenvalue weighted by atomic mass is 10.1. The lowest BCUT2D eigenvalue weighted by Gasteiger charge is -2.19. The molecular weight excluding hydrogens is 328 g/mol. The number of benzene rings is 1. The molecule has 0 unspecified atom stereocenters. The first-order valence-electron chi connectivity index (χ1n) is 8.49. The van der Waals surface area contributed by atoms with Gasteiger partial charge in [0.25, 0.3) is 11.7 Å². The molecule has 4 aromatic rings. The number of imidazole rings is 1. The molecule has 1 N–H and O–H groups in total. The zero-order valence-electron chi connectivity index (χ0n) is 14.3. The quantitative estimate of drug-likeness (QED) is 0.446. The van der Waals surface area contributed by atoms with Crippen LogP contribution in [0.2, 0.25) is 0 Å². The normalized spacial score (nSPS) is 11.1. The first-order chi connectivity index (χ1) is 12.7. The van der Waals surface area contributed by atoms with Crippen molar-refractivity contribution in [3.05, 3.63) is 72.3 Å². The van der Waals surface area contributed by atoms with Crippen LogP contribution in [0.4, 0.5) is 0 Å². The zero-order chi connectivity index (χ0) is 18.1. The molecule has 4 rings (SSSR count). The third kappa shape index (κ3) is 2.65. The number of nitrogens with zero attached hydrogens (tertiary/aromatic N) is 3. The molecular formula is C20H18N4O2. The number of nitrogens with one attached hydrogen (secondary N) is 1. The van der Waals surface area contributed by atoms with Crippen molar-refractivity contribution in [1.82, 2.24) is 19.3 Å². The molecule has 0 aliphatic rings. The molecule has 0 atom stereocenters. The highest BCUT2D eigenvalue weighted by molar-refractivity contribution is 6.44. The van der Waals surface area contributed by atoms with E-state index < -0.39 is 11.7 Å². The Kier molecular flexibility index (Phi) is 4.01. The highest BCUT2D eigenvalue weighted by atomic mass is 16.2. The number of ketones is 1. The van der Waals surface area contributed by atoms with Crippen LogP contribution >= 0.6 is 0 Å². The second-order valence-electron chi connectivity index (χ2n) is 6.07. The summed E-state index contributed by atoms with van der Waals surface area (Å²) in [7, 11) is 0. The molecule has 130 valence electrons. The Labute approximate surface area is 150 Å². The van der Waals surface area contributed by atoms with E-state index >= 15 is 0 Å². The average molecular weight is 346 g/mol. The van der Waals surface area contributed by atoms with Gasteiger partial charge in [-0.2, -0.15) is 0 Å². The van der Waals surface area contributed by atoms with Gasteiger partial charge in [0.15, 0.2) is 0 Å². The van der Waals surface area contributed by atoms with Crippen molar-refractivity contribution >= 4 is 28.2 Å². The minimum Gasteiger partial charge on any atom is -0.360 e. The summed E-state index contributed by atoms with van der Waals surface area (Å²) < 4.78 is 1.92. The Hall–Kier alpha value is -3.41. The Balaban J connectivity index is 1.62. The summed E-state index contributed by atoms with van der Waals surface area (Å²) in [6, 6.07) is 13.2. The van der Waals surface area contributed by atoms with Gasteiger partial charge in [-0.1, -0.05) is 24.3 Å². The molecule has 0 fully saturated rings. The van der Waals surface area contributed by atoms with Gasteiger partial charge in [0, 0.05) is 29.8 Å². The molecule has 6 nitrogen and oxygen atoms in total. The molecule has 26 heavy (non-hydrogen) atoms. The number of carbonyl (C=O) groups is 2. The highest BCUT2D eigenvalue weighted by Crippen LogP contribution is 2.19. The van der Waals surface area contributed by atoms with Crippen LogP contribution in [0, 0.1) is 0 Å². The van der Waals surface area contributed by atoms with Gasteiger partial charge in [0.05, 0.1) is 24.0 Å². The van der Waals surface area contributed by atoms with E-state index in [1.807, 2.05) is 60.0 Å². The van der Waals surface area contributed by atoms with E-state index in [1.165, 1.54) is 0 Å². The highest BCUT2D eigenvalue weighted by Gasteiger charge is 2.25. The maximum Gasteiger partial charge on any atom is 0.295 e. The van der Waals surface area contributed by atoms with Crippen molar-refractivity contribution in [1.29, 1.82) is 0 Å². The van der Waals surface area contributed by atoms with E-state index in [0.29, 0.717) is 18.7 Å². The number of carbonyl (C=O) groups excluding carboxylic acids is 2. The third-order valence-corrected chi connectivity index (χ3v) is 4.54. The second kappa shape index (κ2) is 6.48. The molecule has 0 bridgehead atoms. The number of para-hydroxylation sites is 1. The van der Waals surface area contributed by atoms with E-state index in [0.717, 1.165) is 22.2 Å². The molecule has 3 heterocycles. The first-order valence-corrected chi connectivity index (χ1v) is 8.49. The number of pyridine rings is 1. The van der Waals surface area contributed by atoms with Crippen molar-refractivity contribution in [2.24, 2.45) is 0 Å². The van der Waals surface area contributed by atoms with Gasteiger partial charge in [-0.05, 0) is 25.1 Å². The summed E-state index contributed by atoms with van der Waals surface area (Å²) in [4.78, 5) is 34.5. The van der Waals surface area contributed by atoms with Crippen LogP contribution in [0.1, 0.15) is 23.0 Å². The Morgan fingerprint density at radius 1 is 1.15 bits per heavy atom. The summed E-state index contributed by atoms with van der Waals surface area (Å²) in [6.07, 6.45) is 5.24. The molecule has 0 spiro atoms. The molecule has 1 aromatic carbocycles. The van der Waals surface area contributed by atoms with Crippen LogP contribution in [-0.4, -0.2) is 37.5 Å². The topological polar surface area (TPSA) is 70.5 Å². The van der Waals surface area contributed by atoms with Gasteiger partial charge >= 0.3 is 0 Å². The van der Waals surface area contributed by atoms with Crippen LogP contribution in [0.3, 0.4) is 0 Å². The Morgan fingerprint density at radius 2 is 1.96 bits per heavy atom. The van der Waals surface area contributed by atoms with Gasteiger partial charge in [-0.25, -0.2) is 4.98 Å². The lowest BCUT2D eigenvalue weighted by Crippen LogP contribution is -2.36. The van der Waals surface area contributed by atoms with E-state index in [4.69, 9.17) is 0 Å². The van der Waals surface area contributed by atoms with E-state index in [9.17, 15) is 9.59 Å². The smallest absolute Gasteiger partial charge is 0.295 e. The molecule has 3 aromatic heterocycles. The number of Topliss-reactive ketones (excluding diaryl/α,β-unsaturated/α-hetero) is 1. The maximum absolute atomic E-state index is 12.8. The van der Waals surface area contributed by atoms with Crippen molar-refractivity contribution in [2.45, 2.75) is 13.5 Å². The molecule has 0 radical (unpaired) electrons. The summed E-state index contributed by atoms with van der Waals surface area (Å²) >= 11 is 0. The Bertz CT molecular complexity index is 1110. The number of H-pyrrole nitrogens is 1. The van der Waals surface area contributed by atoms with Gasteiger partial charge in [0.2, 0.25) is 0 Å². The minimum atomic E-state index is -0.511. The SMILES string of the molecule is CCN(Cc1cnc2ccccn12)C(=O)C(=O)c1c[nH]c2ccccc12. The summed E-state index contributed by atoms with van der Waals surface area (Å²) in [5.41, 5.74) is 2.92. The number of likely N-dealkylation sites (N-methyl/N-ethyl adjacent to an activating group) is 1. The Morgan fingerprint density at radius 3 is 2.81 bits per heavy atom. The average Bonchev–Trinajstić information content (AvgIpc) is 3.29. The summed E-state index contributed by atoms with van der Waals surface area (Å²) in [5.74, 6) is -1.01.